The summed E-state index contributed by atoms with van der Waals surface area (Å²) in [5.41, 5.74) is 0. The minimum Gasteiger partial charge on any atom is -0.352 e. The number of rotatable bonds is 3. The zero-order valence-corrected chi connectivity index (χ0v) is 11.1. The zero-order chi connectivity index (χ0) is 12.5. The number of sulfone groups is 1. The van der Waals surface area contributed by atoms with Crippen LogP contribution in [-0.4, -0.2) is 35.5 Å². The average molecular weight is 257 g/mol. The van der Waals surface area contributed by atoms with Gasteiger partial charge in [0.1, 0.15) is 0 Å². The zero-order valence-electron chi connectivity index (χ0n) is 10.3. The Balaban J connectivity index is 2.08. The van der Waals surface area contributed by atoms with E-state index in [-0.39, 0.29) is 11.8 Å². The van der Waals surface area contributed by atoms with Gasteiger partial charge in [-0.2, -0.15) is 0 Å². The molecule has 1 atom stereocenters. The molecule has 0 aliphatic carbocycles. The fourth-order valence-corrected chi connectivity index (χ4v) is 3.80. The highest BCUT2D eigenvalue weighted by Gasteiger charge is 2.25. The van der Waals surface area contributed by atoms with Crippen LogP contribution in [0.25, 0.3) is 0 Å². The molecule has 2 rings (SSSR count). The van der Waals surface area contributed by atoms with Crippen molar-refractivity contribution in [1.29, 1.82) is 0 Å². The number of hydrogen-bond donors (Lipinski definition) is 1. The van der Waals surface area contributed by atoms with Crippen LogP contribution in [0, 0.1) is 0 Å². The highest BCUT2D eigenvalue weighted by Crippen LogP contribution is 2.18. The molecule has 1 saturated heterocycles. The second kappa shape index (κ2) is 4.68. The van der Waals surface area contributed by atoms with Gasteiger partial charge in [0.05, 0.1) is 11.5 Å². The summed E-state index contributed by atoms with van der Waals surface area (Å²) in [5.74, 6) is 1.31. The predicted octanol–water partition coefficient (Wildman–Crippen LogP) is 1.45. The molecule has 6 heteroatoms. The Bertz CT molecular complexity index is 479. The minimum atomic E-state index is -2.87. The first-order chi connectivity index (χ1) is 7.98. The van der Waals surface area contributed by atoms with Crippen molar-refractivity contribution in [2.45, 2.75) is 38.8 Å². The van der Waals surface area contributed by atoms with Crippen LogP contribution in [0.3, 0.4) is 0 Å². The maximum atomic E-state index is 11.5. The minimum absolute atomic E-state index is 0.00588. The molecule has 1 aromatic rings. The topological polar surface area (TPSA) is 64.0 Å². The van der Waals surface area contributed by atoms with Gasteiger partial charge in [-0.15, -0.1) is 0 Å². The van der Waals surface area contributed by atoms with E-state index in [0.717, 1.165) is 18.8 Å². The molecule has 0 aromatic carbocycles. The third kappa shape index (κ3) is 3.00. The lowest BCUT2D eigenvalue weighted by Crippen LogP contribution is -2.35. The maximum absolute atomic E-state index is 11.5. The summed E-state index contributed by atoms with van der Waals surface area (Å²) in [6, 6.07) is 0.314. The molecule has 1 N–H and O–H groups in total. The summed E-state index contributed by atoms with van der Waals surface area (Å²) in [7, 11) is -2.87. The van der Waals surface area contributed by atoms with Gasteiger partial charge >= 0.3 is 0 Å². The Kier molecular flexibility index (Phi) is 3.42. The molecular weight excluding hydrogens is 238 g/mol. The standard InChI is InChI=1S/C11H19N3O2S/c1-9(2)14-6-5-12-11(14)13-10-4-3-7-17(15,16)8-10/h5-6,9-10H,3-4,7-8H2,1-2H3,(H,12,13). The van der Waals surface area contributed by atoms with Gasteiger partial charge in [0.2, 0.25) is 5.95 Å². The molecule has 1 aliphatic heterocycles. The van der Waals surface area contributed by atoms with Gasteiger partial charge in [-0.25, -0.2) is 13.4 Å². The molecule has 17 heavy (non-hydrogen) atoms. The molecule has 0 radical (unpaired) electrons. The van der Waals surface area contributed by atoms with Gasteiger partial charge in [-0.3, -0.25) is 0 Å². The van der Waals surface area contributed by atoms with E-state index in [9.17, 15) is 8.42 Å². The Labute approximate surface area is 102 Å². The van der Waals surface area contributed by atoms with Crippen LogP contribution in [0.2, 0.25) is 0 Å². The lowest BCUT2D eigenvalue weighted by atomic mass is 10.2. The quantitative estimate of drug-likeness (QED) is 0.890. The van der Waals surface area contributed by atoms with Gasteiger partial charge in [0, 0.05) is 24.5 Å². The van der Waals surface area contributed by atoms with E-state index in [4.69, 9.17) is 0 Å². The lowest BCUT2D eigenvalue weighted by Gasteiger charge is -2.24. The van der Waals surface area contributed by atoms with Crippen LogP contribution in [0.15, 0.2) is 12.4 Å². The van der Waals surface area contributed by atoms with Crippen molar-refractivity contribution in [3.8, 4) is 0 Å². The Morgan fingerprint density at radius 1 is 1.53 bits per heavy atom. The first-order valence-electron chi connectivity index (χ1n) is 5.98. The second-order valence-corrected chi connectivity index (χ2v) is 7.08. The number of aromatic nitrogens is 2. The Morgan fingerprint density at radius 3 is 2.94 bits per heavy atom. The fraction of sp³-hybridized carbons (Fsp3) is 0.727. The predicted molar refractivity (Wildman–Crippen MR) is 67.9 cm³/mol. The molecule has 0 spiro atoms. The van der Waals surface area contributed by atoms with Crippen LogP contribution >= 0.6 is 0 Å². The number of hydrogen-bond acceptors (Lipinski definition) is 4. The first-order valence-corrected chi connectivity index (χ1v) is 7.80. The van der Waals surface area contributed by atoms with E-state index in [0.29, 0.717) is 11.8 Å². The largest absolute Gasteiger partial charge is 0.352 e. The highest BCUT2D eigenvalue weighted by atomic mass is 32.2. The molecule has 96 valence electrons. The summed E-state index contributed by atoms with van der Waals surface area (Å²) in [6.07, 6.45) is 5.27. The van der Waals surface area contributed by atoms with Crippen molar-refractivity contribution in [2.24, 2.45) is 0 Å². The molecule has 1 fully saturated rings. The molecule has 2 heterocycles. The maximum Gasteiger partial charge on any atom is 0.203 e. The van der Waals surface area contributed by atoms with Crippen LogP contribution in [-0.2, 0) is 9.84 Å². The van der Waals surface area contributed by atoms with Crippen molar-refractivity contribution in [2.75, 3.05) is 16.8 Å². The number of nitrogens with zero attached hydrogens (tertiary/aromatic N) is 2. The summed E-state index contributed by atoms with van der Waals surface area (Å²) < 4.78 is 25.1. The Morgan fingerprint density at radius 2 is 2.29 bits per heavy atom. The molecule has 5 nitrogen and oxygen atoms in total. The van der Waals surface area contributed by atoms with E-state index in [1.54, 1.807) is 6.20 Å². The third-order valence-corrected chi connectivity index (χ3v) is 4.84. The molecule has 0 saturated carbocycles. The van der Waals surface area contributed by atoms with Crippen molar-refractivity contribution in [3.63, 3.8) is 0 Å². The van der Waals surface area contributed by atoms with Crippen molar-refractivity contribution in [1.82, 2.24) is 9.55 Å². The van der Waals surface area contributed by atoms with E-state index in [1.807, 2.05) is 10.8 Å². The summed E-state index contributed by atoms with van der Waals surface area (Å²) in [4.78, 5) is 4.24. The lowest BCUT2D eigenvalue weighted by molar-refractivity contribution is 0.554. The first kappa shape index (κ1) is 12.4. The molecular formula is C11H19N3O2S. The van der Waals surface area contributed by atoms with Gasteiger partial charge < -0.3 is 9.88 Å². The van der Waals surface area contributed by atoms with Gasteiger partial charge in [0.25, 0.3) is 0 Å². The molecule has 0 amide bonds. The average Bonchev–Trinajstić information content (AvgIpc) is 2.64. The van der Waals surface area contributed by atoms with E-state index in [1.165, 1.54) is 0 Å². The summed E-state index contributed by atoms with van der Waals surface area (Å²) in [5, 5.41) is 3.24. The highest BCUT2D eigenvalue weighted by molar-refractivity contribution is 7.91. The van der Waals surface area contributed by atoms with Crippen LogP contribution in [0.5, 0.6) is 0 Å². The van der Waals surface area contributed by atoms with Gasteiger partial charge in [-0.05, 0) is 26.7 Å². The molecule has 1 unspecified atom stereocenters. The van der Waals surface area contributed by atoms with Crippen LogP contribution in [0.4, 0.5) is 5.95 Å². The normalized spacial score (nSPS) is 23.8. The van der Waals surface area contributed by atoms with Crippen molar-refractivity contribution in [3.05, 3.63) is 12.4 Å². The second-order valence-electron chi connectivity index (χ2n) is 4.85. The third-order valence-electron chi connectivity index (χ3n) is 3.02. The summed E-state index contributed by atoms with van der Waals surface area (Å²) in [6.45, 7) is 4.15. The van der Waals surface area contributed by atoms with E-state index in [2.05, 4.69) is 24.1 Å². The van der Waals surface area contributed by atoms with Crippen molar-refractivity contribution >= 4 is 15.8 Å². The number of nitrogens with one attached hydrogen (secondary N) is 1. The van der Waals surface area contributed by atoms with Gasteiger partial charge in [-0.1, -0.05) is 0 Å². The monoisotopic (exact) mass is 257 g/mol. The summed E-state index contributed by atoms with van der Waals surface area (Å²) >= 11 is 0. The Hall–Kier alpha value is -1.04. The van der Waals surface area contributed by atoms with Gasteiger partial charge in [0.15, 0.2) is 9.84 Å². The molecule has 1 aromatic heterocycles. The SMILES string of the molecule is CC(C)n1ccnc1NC1CCCS(=O)(=O)C1. The van der Waals surface area contributed by atoms with Crippen LogP contribution < -0.4 is 5.32 Å². The van der Waals surface area contributed by atoms with E-state index >= 15 is 0 Å². The smallest absolute Gasteiger partial charge is 0.203 e. The molecule has 0 bridgehead atoms. The van der Waals surface area contributed by atoms with Crippen molar-refractivity contribution < 1.29 is 8.42 Å². The van der Waals surface area contributed by atoms with Crippen LogP contribution in [0.1, 0.15) is 32.7 Å². The van der Waals surface area contributed by atoms with E-state index < -0.39 is 9.84 Å². The molecule has 1 aliphatic rings. The fourth-order valence-electron chi connectivity index (χ4n) is 2.16. The number of imidazole rings is 1. The number of anilines is 1.